The molecular weight excluding hydrogens is 254 g/mol. The standard InChI is InChI=1S/C16H19NO3/c1-10-5-4-6-13(7-10)11(2)17-9-14-8-15(16(18)19)20-12(14)3/h4-8,11,17H,9H2,1-3H3,(H,18,19)/t11-/m1/s1. The summed E-state index contributed by atoms with van der Waals surface area (Å²) in [5.41, 5.74) is 3.32. The third-order valence-corrected chi connectivity index (χ3v) is 3.37. The minimum absolute atomic E-state index is 0.0116. The van der Waals surface area contributed by atoms with Gasteiger partial charge >= 0.3 is 5.97 Å². The zero-order valence-corrected chi connectivity index (χ0v) is 11.9. The summed E-state index contributed by atoms with van der Waals surface area (Å²) < 4.78 is 5.19. The van der Waals surface area contributed by atoms with E-state index in [0.29, 0.717) is 12.3 Å². The second-order valence-electron chi connectivity index (χ2n) is 5.01. The SMILES string of the molecule is Cc1cccc([C@@H](C)NCc2cc(C(=O)O)oc2C)c1. The number of nitrogens with one attached hydrogen (secondary N) is 1. The van der Waals surface area contributed by atoms with Gasteiger partial charge in [0.05, 0.1) is 0 Å². The summed E-state index contributed by atoms with van der Waals surface area (Å²) in [5, 5.41) is 12.3. The average Bonchev–Trinajstić information content (AvgIpc) is 2.77. The number of hydrogen-bond donors (Lipinski definition) is 2. The van der Waals surface area contributed by atoms with E-state index in [1.165, 1.54) is 11.1 Å². The summed E-state index contributed by atoms with van der Waals surface area (Å²) >= 11 is 0. The van der Waals surface area contributed by atoms with Crippen LogP contribution in [0, 0.1) is 13.8 Å². The number of carboxylic acid groups (broad SMARTS) is 1. The molecule has 1 heterocycles. The molecule has 0 aliphatic carbocycles. The van der Waals surface area contributed by atoms with E-state index in [4.69, 9.17) is 9.52 Å². The van der Waals surface area contributed by atoms with Gasteiger partial charge in [0.15, 0.2) is 0 Å². The van der Waals surface area contributed by atoms with E-state index in [0.717, 1.165) is 5.56 Å². The Morgan fingerprint density at radius 2 is 2.10 bits per heavy atom. The first-order valence-corrected chi connectivity index (χ1v) is 6.60. The second-order valence-corrected chi connectivity index (χ2v) is 5.01. The minimum Gasteiger partial charge on any atom is -0.475 e. The van der Waals surface area contributed by atoms with Crippen molar-refractivity contribution in [2.24, 2.45) is 0 Å². The van der Waals surface area contributed by atoms with E-state index in [1.54, 1.807) is 13.0 Å². The molecule has 0 bridgehead atoms. The fourth-order valence-electron chi connectivity index (χ4n) is 2.12. The Labute approximate surface area is 118 Å². The molecule has 0 radical (unpaired) electrons. The highest BCUT2D eigenvalue weighted by molar-refractivity contribution is 5.84. The maximum Gasteiger partial charge on any atom is 0.371 e. The number of hydrogen-bond acceptors (Lipinski definition) is 3. The van der Waals surface area contributed by atoms with E-state index in [9.17, 15) is 4.79 Å². The number of carboxylic acids is 1. The first kappa shape index (κ1) is 14.3. The quantitative estimate of drug-likeness (QED) is 0.876. The van der Waals surface area contributed by atoms with E-state index in [2.05, 4.69) is 37.4 Å². The molecule has 4 nitrogen and oxygen atoms in total. The highest BCUT2D eigenvalue weighted by Gasteiger charge is 2.13. The molecule has 106 valence electrons. The molecule has 20 heavy (non-hydrogen) atoms. The molecule has 0 spiro atoms. The van der Waals surface area contributed by atoms with Crippen molar-refractivity contribution in [2.45, 2.75) is 33.4 Å². The van der Waals surface area contributed by atoms with Crippen molar-refractivity contribution >= 4 is 5.97 Å². The number of furan rings is 1. The van der Waals surface area contributed by atoms with Crippen molar-refractivity contribution in [1.82, 2.24) is 5.32 Å². The summed E-state index contributed by atoms with van der Waals surface area (Å²) in [6.07, 6.45) is 0. The van der Waals surface area contributed by atoms with Crippen molar-refractivity contribution < 1.29 is 14.3 Å². The van der Waals surface area contributed by atoms with Crippen molar-refractivity contribution in [3.8, 4) is 0 Å². The van der Waals surface area contributed by atoms with Gasteiger partial charge in [-0.1, -0.05) is 29.8 Å². The van der Waals surface area contributed by atoms with Gasteiger partial charge in [-0.25, -0.2) is 4.79 Å². The Kier molecular flexibility index (Phi) is 4.25. The summed E-state index contributed by atoms with van der Waals surface area (Å²) in [5.74, 6) is -0.403. The lowest BCUT2D eigenvalue weighted by Gasteiger charge is -2.14. The topological polar surface area (TPSA) is 62.5 Å². The van der Waals surface area contributed by atoms with E-state index >= 15 is 0 Å². The van der Waals surface area contributed by atoms with Crippen LogP contribution in [0.3, 0.4) is 0 Å². The van der Waals surface area contributed by atoms with Crippen molar-refractivity contribution in [1.29, 1.82) is 0 Å². The molecule has 2 aromatic rings. The zero-order chi connectivity index (χ0) is 14.7. The van der Waals surface area contributed by atoms with Gasteiger partial charge in [0.1, 0.15) is 5.76 Å². The molecule has 4 heteroatoms. The molecule has 1 atom stereocenters. The minimum atomic E-state index is -1.04. The lowest BCUT2D eigenvalue weighted by atomic mass is 10.1. The Morgan fingerprint density at radius 3 is 2.70 bits per heavy atom. The van der Waals surface area contributed by atoms with Gasteiger partial charge in [0, 0.05) is 18.2 Å². The fraction of sp³-hybridized carbons (Fsp3) is 0.312. The van der Waals surface area contributed by atoms with Gasteiger partial charge < -0.3 is 14.8 Å². The number of rotatable bonds is 5. The molecule has 2 rings (SSSR count). The first-order valence-electron chi connectivity index (χ1n) is 6.60. The van der Waals surface area contributed by atoms with Crippen molar-refractivity contribution in [3.05, 3.63) is 58.5 Å². The summed E-state index contributed by atoms with van der Waals surface area (Å²) in [4.78, 5) is 10.8. The van der Waals surface area contributed by atoms with Crippen molar-refractivity contribution in [2.75, 3.05) is 0 Å². The Morgan fingerprint density at radius 1 is 1.35 bits per heavy atom. The molecule has 2 N–H and O–H groups in total. The van der Waals surface area contributed by atoms with Crippen LogP contribution in [0.2, 0.25) is 0 Å². The van der Waals surface area contributed by atoms with Crippen LogP contribution in [-0.2, 0) is 6.54 Å². The number of aromatic carboxylic acids is 1. The lowest BCUT2D eigenvalue weighted by molar-refractivity contribution is 0.0661. The molecule has 1 aromatic heterocycles. The highest BCUT2D eigenvalue weighted by atomic mass is 16.4. The molecular formula is C16H19NO3. The van der Waals surface area contributed by atoms with Crippen LogP contribution < -0.4 is 5.32 Å². The number of carbonyl (C=O) groups is 1. The largest absolute Gasteiger partial charge is 0.475 e. The fourth-order valence-corrected chi connectivity index (χ4v) is 2.12. The lowest BCUT2D eigenvalue weighted by Crippen LogP contribution is -2.18. The second kappa shape index (κ2) is 5.92. The molecule has 0 aliphatic rings. The smallest absolute Gasteiger partial charge is 0.371 e. The maximum atomic E-state index is 10.8. The van der Waals surface area contributed by atoms with E-state index in [1.807, 2.05) is 6.07 Å². The normalized spacial score (nSPS) is 12.3. The van der Waals surface area contributed by atoms with Gasteiger partial charge in [0.2, 0.25) is 5.76 Å². The van der Waals surface area contributed by atoms with Crippen LogP contribution in [0.4, 0.5) is 0 Å². The Hall–Kier alpha value is -2.07. The number of aryl methyl sites for hydroxylation is 2. The molecule has 0 aliphatic heterocycles. The third kappa shape index (κ3) is 3.27. The first-order chi connectivity index (χ1) is 9.47. The molecule has 0 saturated carbocycles. The van der Waals surface area contributed by atoms with Gasteiger partial charge in [0.25, 0.3) is 0 Å². The van der Waals surface area contributed by atoms with Gasteiger partial charge in [-0.15, -0.1) is 0 Å². The van der Waals surface area contributed by atoms with Gasteiger partial charge in [-0.05, 0) is 32.4 Å². The molecule has 0 fully saturated rings. The predicted molar refractivity (Wildman–Crippen MR) is 76.8 cm³/mol. The molecule has 0 unspecified atom stereocenters. The van der Waals surface area contributed by atoms with Crippen LogP contribution in [0.15, 0.2) is 34.7 Å². The third-order valence-electron chi connectivity index (χ3n) is 3.37. The Bertz CT molecular complexity index is 616. The van der Waals surface area contributed by atoms with Crippen LogP contribution in [0.5, 0.6) is 0 Å². The zero-order valence-electron chi connectivity index (χ0n) is 11.9. The highest BCUT2D eigenvalue weighted by Crippen LogP contribution is 2.18. The summed E-state index contributed by atoms with van der Waals surface area (Å²) in [6.45, 7) is 6.51. The predicted octanol–water partition coefficient (Wildman–Crippen LogP) is 3.45. The molecule has 0 amide bonds. The van der Waals surface area contributed by atoms with E-state index < -0.39 is 5.97 Å². The maximum absolute atomic E-state index is 10.8. The van der Waals surface area contributed by atoms with Crippen LogP contribution in [0.1, 0.15) is 46.0 Å². The Balaban J connectivity index is 2.03. The van der Waals surface area contributed by atoms with Crippen LogP contribution in [-0.4, -0.2) is 11.1 Å². The average molecular weight is 273 g/mol. The van der Waals surface area contributed by atoms with Crippen molar-refractivity contribution in [3.63, 3.8) is 0 Å². The van der Waals surface area contributed by atoms with Gasteiger partial charge in [-0.3, -0.25) is 0 Å². The summed E-state index contributed by atoms with van der Waals surface area (Å²) in [7, 11) is 0. The summed E-state index contributed by atoms with van der Waals surface area (Å²) in [6, 6.07) is 10.1. The van der Waals surface area contributed by atoms with Crippen LogP contribution >= 0.6 is 0 Å². The molecule has 1 aromatic carbocycles. The van der Waals surface area contributed by atoms with Gasteiger partial charge in [-0.2, -0.15) is 0 Å². The van der Waals surface area contributed by atoms with E-state index in [-0.39, 0.29) is 11.8 Å². The monoisotopic (exact) mass is 273 g/mol. The molecule has 0 saturated heterocycles. The van der Waals surface area contributed by atoms with Crippen LogP contribution in [0.25, 0.3) is 0 Å². The number of benzene rings is 1.